The molecule has 0 aliphatic rings. The maximum Gasteiger partial charge on any atom is 0.194 e. The van der Waals surface area contributed by atoms with E-state index in [4.69, 9.17) is 0 Å². The van der Waals surface area contributed by atoms with Gasteiger partial charge in [0.2, 0.25) is 0 Å². The summed E-state index contributed by atoms with van der Waals surface area (Å²) in [5.74, 6) is 1.71. The third kappa shape index (κ3) is 4.31. The smallest absolute Gasteiger partial charge is 0.194 e. The first-order chi connectivity index (χ1) is 10.6. The van der Waals surface area contributed by atoms with Gasteiger partial charge in [0.25, 0.3) is 0 Å². The monoisotopic (exact) mass is 300 g/mol. The lowest BCUT2D eigenvalue weighted by atomic mass is 10.1. The molecule has 0 aliphatic heterocycles. The number of rotatable bonds is 5. The van der Waals surface area contributed by atoms with Gasteiger partial charge in [-0.1, -0.05) is 29.8 Å². The van der Waals surface area contributed by atoms with E-state index in [2.05, 4.69) is 63.5 Å². The fourth-order valence-electron chi connectivity index (χ4n) is 2.11. The zero-order chi connectivity index (χ0) is 15.9. The molecular formula is C16H24N6. The Labute approximate surface area is 131 Å². The van der Waals surface area contributed by atoms with E-state index in [1.54, 1.807) is 6.33 Å². The summed E-state index contributed by atoms with van der Waals surface area (Å²) in [6.45, 7) is 6.31. The first kappa shape index (κ1) is 16.0. The maximum absolute atomic E-state index is 4.64. The molecule has 0 aliphatic carbocycles. The van der Waals surface area contributed by atoms with Crippen molar-refractivity contribution in [3.63, 3.8) is 0 Å². The average molecular weight is 300 g/mol. The zero-order valence-electron chi connectivity index (χ0n) is 13.7. The van der Waals surface area contributed by atoms with Gasteiger partial charge in [-0.3, -0.25) is 0 Å². The Morgan fingerprint density at radius 2 is 2.05 bits per heavy atom. The Bertz CT molecular complexity index is 614. The molecule has 2 aromatic rings. The molecular weight excluding hydrogens is 276 g/mol. The molecule has 6 heteroatoms. The van der Waals surface area contributed by atoms with Gasteiger partial charge in [-0.15, -0.1) is 10.2 Å². The minimum atomic E-state index is 0.511. The van der Waals surface area contributed by atoms with Gasteiger partial charge in [-0.25, -0.2) is 4.99 Å². The first-order valence-electron chi connectivity index (χ1n) is 7.48. The van der Waals surface area contributed by atoms with Crippen molar-refractivity contribution in [3.8, 4) is 0 Å². The normalized spacial score (nSPS) is 11.5. The molecule has 0 bridgehead atoms. The van der Waals surface area contributed by atoms with Crippen LogP contribution < -0.4 is 5.32 Å². The standard InChI is InChI=1S/C16H24N6/c1-5-17-16(18-10-15-20-19-12-22(15)4)21(3)11-14-8-6-13(2)7-9-14/h6-9,12H,5,10-11H2,1-4H3,(H,17,18). The first-order valence-corrected chi connectivity index (χ1v) is 7.48. The van der Waals surface area contributed by atoms with Crippen molar-refractivity contribution in [2.75, 3.05) is 13.6 Å². The van der Waals surface area contributed by atoms with E-state index >= 15 is 0 Å². The molecule has 1 aromatic heterocycles. The quantitative estimate of drug-likeness (QED) is 0.675. The highest BCUT2D eigenvalue weighted by molar-refractivity contribution is 5.79. The van der Waals surface area contributed by atoms with Gasteiger partial charge in [0, 0.05) is 27.2 Å². The van der Waals surface area contributed by atoms with Crippen molar-refractivity contribution < 1.29 is 0 Å². The number of nitrogens with zero attached hydrogens (tertiary/aromatic N) is 5. The van der Waals surface area contributed by atoms with Crippen molar-refractivity contribution >= 4 is 5.96 Å². The lowest BCUT2D eigenvalue weighted by Crippen LogP contribution is -2.38. The molecule has 1 aromatic carbocycles. The second-order valence-electron chi connectivity index (χ2n) is 5.37. The lowest BCUT2D eigenvalue weighted by Gasteiger charge is -2.22. The van der Waals surface area contributed by atoms with Gasteiger partial charge in [-0.2, -0.15) is 0 Å². The molecule has 6 nitrogen and oxygen atoms in total. The summed E-state index contributed by atoms with van der Waals surface area (Å²) in [4.78, 5) is 6.75. The van der Waals surface area contributed by atoms with E-state index in [9.17, 15) is 0 Å². The third-order valence-electron chi connectivity index (χ3n) is 3.41. The summed E-state index contributed by atoms with van der Waals surface area (Å²) in [6, 6.07) is 8.57. The Kier molecular flexibility index (Phi) is 5.52. The predicted molar refractivity (Wildman–Crippen MR) is 88.5 cm³/mol. The van der Waals surface area contributed by atoms with Crippen molar-refractivity contribution in [1.82, 2.24) is 25.0 Å². The number of aromatic nitrogens is 3. The fourth-order valence-corrected chi connectivity index (χ4v) is 2.11. The topological polar surface area (TPSA) is 58.3 Å². The second-order valence-corrected chi connectivity index (χ2v) is 5.37. The minimum absolute atomic E-state index is 0.511. The number of aliphatic imine (C=N–C) groups is 1. The second kappa shape index (κ2) is 7.59. The molecule has 0 atom stereocenters. The van der Waals surface area contributed by atoms with Crippen LogP contribution in [0.3, 0.4) is 0 Å². The molecule has 1 N–H and O–H groups in total. The maximum atomic E-state index is 4.64. The summed E-state index contributed by atoms with van der Waals surface area (Å²) in [6.07, 6.45) is 1.69. The molecule has 0 saturated heterocycles. The van der Waals surface area contributed by atoms with Crippen LogP contribution in [0.5, 0.6) is 0 Å². The highest BCUT2D eigenvalue weighted by Crippen LogP contribution is 2.06. The van der Waals surface area contributed by atoms with E-state index in [0.29, 0.717) is 6.54 Å². The van der Waals surface area contributed by atoms with Crippen LogP contribution in [0.4, 0.5) is 0 Å². The molecule has 2 rings (SSSR count). The molecule has 0 fully saturated rings. The zero-order valence-corrected chi connectivity index (χ0v) is 13.7. The molecule has 118 valence electrons. The van der Waals surface area contributed by atoms with Crippen LogP contribution >= 0.6 is 0 Å². The van der Waals surface area contributed by atoms with E-state index in [-0.39, 0.29) is 0 Å². The van der Waals surface area contributed by atoms with Gasteiger partial charge < -0.3 is 14.8 Å². The SMILES string of the molecule is CCNC(=NCc1nncn1C)N(C)Cc1ccc(C)cc1. The van der Waals surface area contributed by atoms with E-state index in [0.717, 1.165) is 24.9 Å². The number of aryl methyl sites for hydroxylation is 2. The van der Waals surface area contributed by atoms with E-state index < -0.39 is 0 Å². The molecule has 0 amide bonds. The number of guanidine groups is 1. The number of hydrogen-bond acceptors (Lipinski definition) is 3. The Morgan fingerprint density at radius 1 is 1.32 bits per heavy atom. The Morgan fingerprint density at radius 3 is 2.64 bits per heavy atom. The minimum Gasteiger partial charge on any atom is -0.357 e. The van der Waals surface area contributed by atoms with Gasteiger partial charge in [0.15, 0.2) is 11.8 Å². The van der Waals surface area contributed by atoms with Crippen LogP contribution in [0.1, 0.15) is 23.9 Å². The van der Waals surface area contributed by atoms with Crippen molar-refractivity contribution in [2.45, 2.75) is 26.9 Å². The van der Waals surface area contributed by atoms with Crippen molar-refractivity contribution in [1.29, 1.82) is 0 Å². The van der Waals surface area contributed by atoms with Crippen LogP contribution in [0.2, 0.25) is 0 Å². The molecule has 22 heavy (non-hydrogen) atoms. The van der Waals surface area contributed by atoms with Crippen LogP contribution in [0.25, 0.3) is 0 Å². The fraction of sp³-hybridized carbons (Fsp3) is 0.438. The average Bonchev–Trinajstić information content (AvgIpc) is 2.91. The van der Waals surface area contributed by atoms with Gasteiger partial charge in [0.1, 0.15) is 12.9 Å². The molecule has 0 saturated carbocycles. The summed E-state index contributed by atoms with van der Waals surface area (Å²) in [5.41, 5.74) is 2.53. The van der Waals surface area contributed by atoms with Gasteiger partial charge in [0.05, 0.1) is 0 Å². The van der Waals surface area contributed by atoms with Crippen LogP contribution in [0.15, 0.2) is 35.6 Å². The van der Waals surface area contributed by atoms with E-state index in [1.807, 2.05) is 18.7 Å². The highest BCUT2D eigenvalue weighted by atomic mass is 15.3. The Hall–Kier alpha value is -2.37. The molecule has 1 heterocycles. The summed E-state index contributed by atoms with van der Waals surface area (Å²) in [7, 11) is 3.96. The summed E-state index contributed by atoms with van der Waals surface area (Å²) in [5, 5.41) is 11.3. The molecule has 0 spiro atoms. The predicted octanol–water partition coefficient (Wildman–Crippen LogP) is 1.72. The number of benzene rings is 1. The van der Waals surface area contributed by atoms with Gasteiger partial charge >= 0.3 is 0 Å². The summed E-state index contributed by atoms with van der Waals surface area (Å²) < 4.78 is 1.88. The largest absolute Gasteiger partial charge is 0.357 e. The van der Waals surface area contributed by atoms with Crippen LogP contribution in [-0.4, -0.2) is 39.2 Å². The number of hydrogen-bond donors (Lipinski definition) is 1. The van der Waals surface area contributed by atoms with Crippen LogP contribution in [0, 0.1) is 6.92 Å². The van der Waals surface area contributed by atoms with Crippen molar-refractivity contribution in [3.05, 3.63) is 47.5 Å². The van der Waals surface area contributed by atoms with Crippen LogP contribution in [-0.2, 0) is 20.1 Å². The summed E-state index contributed by atoms with van der Waals surface area (Å²) >= 11 is 0. The number of nitrogens with one attached hydrogen (secondary N) is 1. The van der Waals surface area contributed by atoms with E-state index in [1.165, 1.54) is 11.1 Å². The molecule has 0 unspecified atom stereocenters. The lowest BCUT2D eigenvalue weighted by molar-refractivity contribution is 0.476. The Balaban J connectivity index is 2.05. The highest BCUT2D eigenvalue weighted by Gasteiger charge is 2.07. The third-order valence-corrected chi connectivity index (χ3v) is 3.41. The van der Waals surface area contributed by atoms with Crippen molar-refractivity contribution in [2.24, 2.45) is 12.0 Å². The molecule has 0 radical (unpaired) electrons. The van der Waals surface area contributed by atoms with Gasteiger partial charge in [-0.05, 0) is 19.4 Å².